The lowest BCUT2D eigenvalue weighted by atomic mass is 9.80. The number of carbonyl (C=O) groups excluding carboxylic acids is 1. The molecule has 0 aliphatic carbocycles. The number of nitrogens with one attached hydrogen (secondary N) is 4. The van der Waals surface area contributed by atoms with Gasteiger partial charge in [-0.15, -0.1) is 0 Å². The zero-order valence-electron chi connectivity index (χ0n) is 63.8. The summed E-state index contributed by atoms with van der Waals surface area (Å²) < 4.78 is 130. The van der Waals surface area contributed by atoms with E-state index in [-0.39, 0.29) is 93.4 Å². The Morgan fingerprint density at radius 3 is 1.56 bits per heavy atom. The molecule has 0 spiro atoms. The van der Waals surface area contributed by atoms with Gasteiger partial charge in [-0.3, -0.25) is 56.4 Å². The van der Waals surface area contributed by atoms with E-state index in [2.05, 4.69) is 31.3 Å². The Hall–Kier alpha value is -8.93. The summed E-state index contributed by atoms with van der Waals surface area (Å²) in [6.45, 7) is 12.2. The van der Waals surface area contributed by atoms with Crippen molar-refractivity contribution < 1.29 is 78.5 Å². The SMILES string of the molecule is COc1ccc(C(OC[C@H]2O[C@@H](n3cc(C)c(=O)[nH]c3=O)C[C@@H]2OP(=O)(OC[C@H]2O[C@@H](n3cc(C)c(=O)[nH]c3=O)C[C@@H]2OP(=O)(OC[C@H]2O[C@@H](n3cnc4c(=O)[nH]c(NC(=O)C(C)C)cc43)C[C@@H]2OP(OCCC#N)N(C(C)C)C(C)C)Oc2ccccc2Cl)Oc2ccccc2Cl)(c2ccccc2)c2ccc(OC)cc2)cc1. The number of para-hydroxylation sites is 2. The minimum absolute atomic E-state index is 0.00115. The van der Waals surface area contributed by atoms with Crippen LogP contribution < -0.4 is 51.9 Å². The van der Waals surface area contributed by atoms with Crippen LogP contribution in [0, 0.1) is 31.1 Å². The third kappa shape index (κ3) is 19.4. The second kappa shape index (κ2) is 36.9. The van der Waals surface area contributed by atoms with Crippen LogP contribution in [0.3, 0.4) is 0 Å². The molecule has 12 atom stereocenters. The molecule has 4 aromatic heterocycles. The van der Waals surface area contributed by atoms with Crippen molar-refractivity contribution in [1.29, 1.82) is 5.26 Å². The fourth-order valence-corrected chi connectivity index (χ4v) is 18.5. The van der Waals surface area contributed by atoms with E-state index < -0.39 is 145 Å². The molecule has 7 heterocycles. The van der Waals surface area contributed by atoms with E-state index in [1.54, 1.807) is 81.2 Å². The standard InChI is InChI=1S/C77H87Cl2N10O22P3/c1-45(2)71(90)82-66-35-57-70(74(93)83-66)81-44-88(57)69-36-60(107-112(101-34-18-33-80)89(46(3)4)47(5)6)64(105-69)42-102-113(96,108-58-23-16-14-21-55(58)78)111-62-38-68(87-40-49(8)73(92)85-76(87)95)106-65(62)43-103-114(97,109-59-24-17-15-22-56(59)79)110-61-37-67(86-39-48(7)72(91)84-75(86)94)104-63(61)41-100-77(50-19-12-11-13-20-50,51-25-29-53(98-9)30-26-51)52-27-31-54(99-10)32-28-52/h11-17,19-32,35,39-40,44-47,60-65,67-69H,18,34,36-38,41-43H2,1-10H3,(H,84,91,94)(H,85,92,95)(H2,82,83,90,93)/t60-,61-,62-,63+,64+,65+,67+,68+,69+,112?,113?,114?/m0/s1. The molecule has 3 unspecified atom stereocenters. The average molecular weight is 1670 g/mol. The summed E-state index contributed by atoms with van der Waals surface area (Å²) in [5, 5.41) is 12.3. The van der Waals surface area contributed by atoms with Crippen molar-refractivity contribution in [3.63, 3.8) is 0 Å². The number of nitrogens with zero attached hydrogens (tertiary/aromatic N) is 6. The minimum Gasteiger partial charge on any atom is -0.497 e. The van der Waals surface area contributed by atoms with E-state index in [0.717, 1.165) is 9.13 Å². The molecule has 0 saturated carbocycles. The molecule has 5 aromatic carbocycles. The predicted octanol–water partition coefficient (Wildman–Crippen LogP) is 13.1. The first-order chi connectivity index (χ1) is 54.6. The number of aromatic nitrogens is 7. The quantitative estimate of drug-likeness (QED) is 0.0163. The molecule has 1 amide bonds. The summed E-state index contributed by atoms with van der Waals surface area (Å²) in [6.07, 6.45) is -8.57. The number of phosphoric ester groups is 2. The fourth-order valence-electron chi connectivity index (χ4n) is 13.4. The van der Waals surface area contributed by atoms with Gasteiger partial charge < -0.3 is 61.4 Å². The van der Waals surface area contributed by atoms with Gasteiger partial charge >= 0.3 is 27.0 Å². The number of phosphoric acid groups is 2. The highest BCUT2D eigenvalue weighted by Gasteiger charge is 2.51. The van der Waals surface area contributed by atoms with Gasteiger partial charge in [-0.05, 0) is 107 Å². The number of fused-ring (bicyclic) bond motifs is 1. The van der Waals surface area contributed by atoms with Crippen molar-refractivity contribution in [3.8, 4) is 29.1 Å². The molecular formula is C77H87Cl2N10O22P3. The van der Waals surface area contributed by atoms with Crippen LogP contribution in [0.1, 0.15) is 114 Å². The van der Waals surface area contributed by atoms with Gasteiger partial charge in [-0.1, -0.05) is 116 Å². The van der Waals surface area contributed by atoms with Crippen LogP contribution in [0.15, 0.2) is 176 Å². The number of amides is 1. The molecular weight excluding hydrogens is 1580 g/mol. The summed E-state index contributed by atoms with van der Waals surface area (Å²) in [6, 6.07) is 39.1. The van der Waals surface area contributed by atoms with Crippen molar-refractivity contribution in [1.82, 2.24) is 38.3 Å². The maximum Gasteiger partial charge on any atom is 0.530 e. The molecule has 606 valence electrons. The zero-order chi connectivity index (χ0) is 81.3. The molecule has 32 nitrogen and oxygen atoms in total. The van der Waals surface area contributed by atoms with Gasteiger partial charge in [0.05, 0.1) is 81.1 Å². The van der Waals surface area contributed by atoms with Gasteiger partial charge in [0, 0.05) is 66.9 Å². The first-order valence-corrected chi connectivity index (χ1v) is 41.4. The van der Waals surface area contributed by atoms with E-state index in [0.29, 0.717) is 28.2 Å². The fraction of sp³-hybridized carbons (Fsp3) is 0.403. The number of carbonyl (C=O) groups is 1. The Morgan fingerprint density at radius 2 is 1.09 bits per heavy atom. The summed E-state index contributed by atoms with van der Waals surface area (Å²) in [5.74, 6) is -0.0231. The van der Waals surface area contributed by atoms with Crippen molar-refractivity contribution in [2.24, 2.45) is 5.92 Å². The van der Waals surface area contributed by atoms with Crippen molar-refractivity contribution >= 4 is 70.1 Å². The van der Waals surface area contributed by atoms with Gasteiger partial charge in [0.1, 0.15) is 83.6 Å². The number of halogens is 2. The molecule has 3 aliphatic heterocycles. The highest BCUT2D eigenvalue weighted by atomic mass is 35.5. The normalized spacial score (nSPS) is 21.1. The largest absolute Gasteiger partial charge is 0.530 e. The molecule has 3 aliphatic rings. The lowest BCUT2D eigenvalue weighted by Crippen LogP contribution is -2.38. The van der Waals surface area contributed by atoms with E-state index in [1.807, 2.05) is 87.0 Å². The number of anilines is 1. The highest BCUT2D eigenvalue weighted by Crippen LogP contribution is 2.59. The van der Waals surface area contributed by atoms with Gasteiger partial charge in [0.25, 0.3) is 25.2 Å². The molecule has 0 radical (unpaired) electrons. The molecule has 12 rings (SSSR count). The maximum absolute atomic E-state index is 16.4. The maximum atomic E-state index is 16.4. The van der Waals surface area contributed by atoms with Crippen LogP contribution in [0.4, 0.5) is 5.82 Å². The number of rotatable bonds is 35. The lowest BCUT2D eigenvalue weighted by molar-refractivity contribution is -0.118. The molecule has 0 bridgehead atoms. The number of imidazole rings is 1. The Morgan fingerprint density at radius 1 is 0.632 bits per heavy atom. The van der Waals surface area contributed by atoms with Crippen molar-refractivity contribution in [2.75, 3.05) is 46.0 Å². The average Bonchev–Trinajstić information content (AvgIpc) is 0.962. The van der Waals surface area contributed by atoms with Gasteiger partial charge in [-0.25, -0.2) is 28.4 Å². The zero-order valence-corrected chi connectivity index (χ0v) is 68.0. The number of H-pyrrole nitrogens is 3. The molecule has 9 aromatic rings. The summed E-state index contributed by atoms with van der Waals surface area (Å²) >= 11 is 13.6. The topological polar surface area (TPSA) is 380 Å². The second-order valence-electron chi connectivity index (χ2n) is 27.9. The predicted molar refractivity (Wildman–Crippen MR) is 421 cm³/mol. The van der Waals surface area contributed by atoms with Crippen molar-refractivity contribution in [2.45, 2.75) is 154 Å². The van der Waals surface area contributed by atoms with Crippen LogP contribution in [-0.4, -0.2) is 134 Å². The Balaban J connectivity index is 0.918. The van der Waals surface area contributed by atoms with Crippen LogP contribution in [0.2, 0.25) is 10.0 Å². The van der Waals surface area contributed by atoms with E-state index in [4.69, 9.17) is 87.8 Å². The lowest BCUT2D eigenvalue weighted by Gasteiger charge is -2.37. The third-order valence-corrected chi connectivity index (χ3v) is 24.7. The Labute approximate surface area is 665 Å². The van der Waals surface area contributed by atoms with Gasteiger partial charge in [0.2, 0.25) is 5.91 Å². The number of aromatic amines is 3. The minimum atomic E-state index is -5.30. The van der Waals surface area contributed by atoms with Gasteiger partial charge in [-0.2, -0.15) is 5.26 Å². The number of methoxy groups -OCH3 is 2. The Bertz CT molecular complexity index is 5280. The molecule has 3 saturated heterocycles. The van der Waals surface area contributed by atoms with Crippen LogP contribution in [0.25, 0.3) is 11.0 Å². The first-order valence-electron chi connectivity index (χ1n) is 36.6. The third-order valence-electron chi connectivity index (χ3n) is 19.1. The van der Waals surface area contributed by atoms with E-state index in [9.17, 15) is 34.0 Å². The summed E-state index contributed by atoms with van der Waals surface area (Å²) in [7, 11) is -9.50. The van der Waals surface area contributed by atoms with Crippen LogP contribution in [0.5, 0.6) is 23.0 Å². The number of ether oxygens (including phenoxy) is 6. The van der Waals surface area contributed by atoms with Gasteiger partial charge in [0.15, 0.2) is 5.52 Å². The number of hydrogen-bond donors (Lipinski definition) is 4. The van der Waals surface area contributed by atoms with E-state index in [1.165, 1.54) is 62.9 Å². The molecule has 37 heteroatoms. The van der Waals surface area contributed by atoms with Crippen LogP contribution >= 0.6 is 47.4 Å². The van der Waals surface area contributed by atoms with Crippen molar-refractivity contribution in [3.05, 3.63) is 242 Å². The smallest absolute Gasteiger partial charge is 0.497 e. The molecule has 4 N–H and O–H groups in total. The van der Waals surface area contributed by atoms with Crippen LogP contribution in [-0.2, 0) is 65.6 Å². The first kappa shape index (κ1) is 84.5. The second-order valence-corrected chi connectivity index (χ2v) is 33.2. The number of pyridine rings is 1. The highest BCUT2D eigenvalue weighted by molar-refractivity contribution is 7.49. The number of hydrogen-bond acceptors (Lipinski definition) is 25. The van der Waals surface area contributed by atoms with E-state index >= 15 is 9.13 Å². The molecule has 3 fully saturated rings. The Kier molecular flexibility index (Phi) is 27.3. The number of aryl methyl sites for hydroxylation is 2. The number of benzene rings is 5. The molecule has 114 heavy (non-hydrogen) atoms. The summed E-state index contributed by atoms with van der Waals surface area (Å²) in [4.78, 5) is 92.0. The summed E-state index contributed by atoms with van der Waals surface area (Å²) in [5.41, 5.74) is -2.81. The monoisotopic (exact) mass is 1670 g/mol. The number of nitriles is 1.